The summed E-state index contributed by atoms with van der Waals surface area (Å²) < 4.78 is 1.37. The van der Waals surface area contributed by atoms with Crippen LogP contribution in [0.5, 0.6) is 0 Å². The zero-order chi connectivity index (χ0) is 18.8. The lowest BCUT2D eigenvalue weighted by Crippen LogP contribution is -2.29. The van der Waals surface area contributed by atoms with E-state index in [4.69, 9.17) is 11.6 Å². The molecule has 3 rings (SSSR count). The van der Waals surface area contributed by atoms with E-state index in [2.05, 4.69) is 10.4 Å². The summed E-state index contributed by atoms with van der Waals surface area (Å²) in [5, 5.41) is 8.80. The van der Waals surface area contributed by atoms with Crippen LogP contribution < -0.4 is 10.9 Å². The van der Waals surface area contributed by atoms with Crippen LogP contribution in [0.1, 0.15) is 29.9 Å². The van der Waals surface area contributed by atoms with Crippen molar-refractivity contribution >= 4 is 34.0 Å². The molecule has 134 valence electrons. The van der Waals surface area contributed by atoms with Crippen molar-refractivity contribution in [3.8, 4) is 0 Å². The van der Waals surface area contributed by atoms with E-state index < -0.39 is 0 Å². The van der Waals surface area contributed by atoms with Gasteiger partial charge in [-0.15, -0.1) is 0 Å². The van der Waals surface area contributed by atoms with E-state index in [1.165, 1.54) is 4.68 Å². The topological polar surface area (TPSA) is 64.0 Å². The summed E-state index contributed by atoms with van der Waals surface area (Å²) in [6.45, 7) is 6.28. The monoisotopic (exact) mass is 369 g/mol. The van der Waals surface area contributed by atoms with Crippen molar-refractivity contribution in [3.05, 3.63) is 69.1 Å². The zero-order valence-corrected chi connectivity index (χ0v) is 15.7. The van der Waals surface area contributed by atoms with Gasteiger partial charge in [0.1, 0.15) is 0 Å². The SMILES string of the molecule is Cc1c(Cl)cccc1NC(=O)c1nn(CC(C)C)c(=O)c2ccccc12. The van der Waals surface area contributed by atoms with E-state index in [9.17, 15) is 9.59 Å². The Morgan fingerprint density at radius 2 is 1.85 bits per heavy atom. The van der Waals surface area contributed by atoms with Gasteiger partial charge in [-0.2, -0.15) is 5.10 Å². The summed E-state index contributed by atoms with van der Waals surface area (Å²) in [5.74, 6) is -0.142. The Morgan fingerprint density at radius 1 is 1.15 bits per heavy atom. The number of amides is 1. The van der Waals surface area contributed by atoms with Crippen molar-refractivity contribution in [1.82, 2.24) is 9.78 Å². The average molecular weight is 370 g/mol. The number of benzene rings is 2. The lowest BCUT2D eigenvalue weighted by Gasteiger charge is -2.13. The first-order valence-corrected chi connectivity index (χ1v) is 8.82. The predicted molar refractivity (Wildman–Crippen MR) is 105 cm³/mol. The van der Waals surface area contributed by atoms with Crippen molar-refractivity contribution in [2.24, 2.45) is 5.92 Å². The number of hydrogen-bond donors (Lipinski definition) is 1. The smallest absolute Gasteiger partial charge is 0.276 e. The number of anilines is 1. The quantitative estimate of drug-likeness (QED) is 0.747. The second kappa shape index (κ2) is 7.30. The lowest BCUT2D eigenvalue weighted by molar-refractivity contribution is 0.102. The molecule has 0 saturated carbocycles. The maximum atomic E-state index is 12.9. The van der Waals surface area contributed by atoms with E-state index in [0.29, 0.717) is 28.0 Å². The number of halogens is 1. The molecule has 0 fully saturated rings. The first kappa shape index (κ1) is 18.1. The molecule has 1 heterocycles. The molecular formula is C20H20ClN3O2. The molecule has 0 unspecified atom stereocenters. The Morgan fingerprint density at radius 3 is 2.54 bits per heavy atom. The molecule has 3 aromatic rings. The molecule has 6 heteroatoms. The van der Waals surface area contributed by atoms with Gasteiger partial charge in [-0.25, -0.2) is 4.68 Å². The lowest BCUT2D eigenvalue weighted by atomic mass is 10.1. The molecule has 1 amide bonds. The molecule has 0 saturated heterocycles. The third-order valence-corrected chi connectivity index (χ3v) is 4.55. The number of aromatic nitrogens is 2. The van der Waals surface area contributed by atoms with Gasteiger partial charge < -0.3 is 5.32 Å². The van der Waals surface area contributed by atoms with Crippen LogP contribution in [0.15, 0.2) is 47.3 Å². The number of fused-ring (bicyclic) bond motifs is 1. The number of nitrogens with zero attached hydrogens (tertiary/aromatic N) is 2. The molecule has 0 aliphatic rings. The second-order valence-electron chi connectivity index (χ2n) is 6.64. The highest BCUT2D eigenvalue weighted by atomic mass is 35.5. The minimum Gasteiger partial charge on any atom is -0.320 e. The standard InChI is InChI=1S/C20H20ClN3O2/c1-12(2)11-24-20(26)15-8-5-4-7-14(15)18(23-24)19(25)22-17-10-6-9-16(21)13(17)3/h4-10,12H,11H2,1-3H3,(H,22,25). The minimum atomic E-state index is -0.371. The van der Waals surface area contributed by atoms with Gasteiger partial charge in [-0.1, -0.05) is 49.7 Å². The molecule has 0 radical (unpaired) electrons. The molecule has 0 aliphatic carbocycles. The number of carbonyl (C=O) groups excluding carboxylic acids is 1. The van der Waals surface area contributed by atoms with Crippen molar-refractivity contribution in [1.29, 1.82) is 0 Å². The maximum absolute atomic E-state index is 12.9. The minimum absolute atomic E-state index is 0.190. The van der Waals surface area contributed by atoms with Gasteiger partial charge >= 0.3 is 0 Å². The van der Waals surface area contributed by atoms with E-state index in [-0.39, 0.29) is 23.1 Å². The highest BCUT2D eigenvalue weighted by Crippen LogP contribution is 2.24. The summed E-state index contributed by atoms with van der Waals surface area (Å²) in [6, 6.07) is 12.4. The van der Waals surface area contributed by atoms with Crippen LogP contribution in [0.25, 0.3) is 10.8 Å². The van der Waals surface area contributed by atoms with E-state index in [0.717, 1.165) is 5.56 Å². The van der Waals surface area contributed by atoms with Gasteiger partial charge in [-0.3, -0.25) is 9.59 Å². The van der Waals surface area contributed by atoms with Gasteiger partial charge in [0.05, 0.1) is 5.39 Å². The van der Waals surface area contributed by atoms with Gasteiger partial charge in [-0.05, 0) is 36.6 Å². The van der Waals surface area contributed by atoms with Crippen molar-refractivity contribution < 1.29 is 4.79 Å². The van der Waals surface area contributed by atoms with Crippen LogP contribution in [0, 0.1) is 12.8 Å². The van der Waals surface area contributed by atoms with Crippen molar-refractivity contribution in [2.45, 2.75) is 27.3 Å². The van der Waals surface area contributed by atoms with E-state index in [1.54, 1.807) is 42.5 Å². The molecular weight excluding hydrogens is 350 g/mol. The second-order valence-corrected chi connectivity index (χ2v) is 7.05. The largest absolute Gasteiger partial charge is 0.320 e. The van der Waals surface area contributed by atoms with Crippen LogP contribution in [0.3, 0.4) is 0 Å². The van der Waals surface area contributed by atoms with Crippen LogP contribution >= 0.6 is 11.6 Å². The molecule has 2 aromatic carbocycles. The highest BCUT2D eigenvalue weighted by Gasteiger charge is 2.18. The van der Waals surface area contributed by atoms with Crippen LogP contribution in [0.4, 0.5) is 5.69 Å². The zero-order valence-electron chi connectivity index (χ0n) is 14.9. The fourth-order valence-electron chi connectivity index (χ4n) is 2.80. The Hall–Kier alpha value is -2.66. The molecule has 0 aliphatic heterocycles. The molecule has 0 bridgehead atoms. The Labute approximate surface area is 156 Å². The van der Waals surface area contributed by atoms with E-state index >= 15 is 0 Å². The molecule has 1 N–H and O–H groups in total. The highest BCUT2D eigenvalue weighted by molar-refractivity contribution is 6.31. The molecule has 0 spiro atoms. The van der Waals surface area contributed by atoms with Gasteiger partial charge in [0.25, 0.3) is 11.5 Å². The maximum Gasteiger partial charge on any atom is 0.276 e. The first-order chi connectivity index (χ1) is 12.4. The predicted octanol–water partition coefficient (Wildman–Crippen LogP) is 4.27. The number of carbonyl (C=O) groups is 1. The Balaban J connectivity index is 2.11. The van der Waals surface area contributed by atoms with Crippen molar-refractivity contribution in [3.63, 3.8) is 0 Å². The fraction of sp³-hybridized carbons (Fsp3) is 0.250. The number of hydrogen-bond acceptors (Lipinski definition) is 3. The summed E-state index contributed by atoms with van der Waals surface area (Å²) in [5.41, 5.74) is 1.43. The normalized spacial score (nSPS) is 11.1. The first-order valence-electron chi connectivity index (χ1n) is 8.44. The summed E-state index contributed by atoms with van der Waals surface area (Å²) >= 11 is 6.13. The Kier molecular flexibility index (Phi) is 5.09. The van der Waals surface area contributed by atoms with Crippen LogP contribution in [-0.2, 0) is 6.54 Å². The van der Waals surface area contributed by atoms with Crippen LogP contribution in [-0.4, -0.2) is 15.7 Å². The third-order valence-electron chi connectivity index (χ3n) is 4.14. The van der Waals surface area contributed by atoms with Gasteiger partial charge in [0.15, 0.2) is 5.69 Å². The summed E-state index contributed by atoms with van der Waals surface area (Å²) in [6.07, 6.45) is 0. The third kappa shape index (κ3) is 3.48. The van der Waals surface area contributed by atoms with E-state index in [1.807, 2.05) is 20.8 Å². The number of nitrogens with one attached hydrogen (secondary N) is 1. The summed E-state index contributed by atoms with van der Waals surface area (Å²) in [7, 11) is 0. The van der Waals surface area contributed by atoms with Gasteiger partial charge in [0, 0.05) is 22.6 Å². The fourth-order valence-corrected chi connectivity index (χ4v) is 2.97. The molecule has 26 heavy (non-hydrogen) atoms. The summed E-state index contributed by atoms with van der Waals surface area (Å²) in [4.78, 5) is 25.6. The molecule has 5 nitrogen and oxygen atoms in total. The van der Waals surface area contributed by atoms with Crippen LogP contribution in [0.2, 0.25) is 5.02 Å². The number of rotatable bonds is 4. The Bertz CT molecular complexity index is 1040. The van der Waals surface area contributed by atoms with Crippen molar-refractivity contribution in [2.75, 3.05) is 5.32 Å². The van der Waals surface area contributed by atoms with Gasteiger partial charge in [0.2, 0.25) is 0 Å². The average Bonchev–Trinajstić information content (AvgIpc) is 2.61. The molecule has 1 aromatic heterocycles. The molecule has 0 atom stereocenters.